The highest BCUT2D eigenvalue weighted by molar-refractivity contribution is 7.92. The lowest BCUT2D eigenvalue weighted by Crippen LogP contribution is -2.49. The molecule has 0 aromatic heterocycles. The fourth-order valence-electron chi connectivity index (χ4n) is 3.78. The zero-order valence-electron chi connectivity index (χ0n) is 17.9. The summed E-state index contributed by atoms with van der Waals surface area (Å²) in [6, 6.07) is 7.17. The van der Waals surface area contributed by atoms with E-state index in [0.717, 1.165) is 12.1 Å². The first-order valence-corrected chi connectivity index (χ1v) is 12.1. The Kier molecular flexibility index (Phi) is 7.45. The Morgan fingerprint density at radius 1 is 1.00 bits per heavy atom. The molecule has 1 N–H and O–H groups in total. The van der Waals surface area contributed by atoms with Crippen molar-refractivity contribution in [3.8, 4) is 0 Å². The van der Waals surface area contributed by atoms with Crippen molar-refractivity contribution in [3.63, 3.8) is 0 Å². The van der Waals surface area contributed by atoms with E-state index in [0.29, 0.717) is 43.9 Å². The molecule has 1 amide bonds. The molecule has 32 heavy (non-hydrogen) atoms. The number of nitrogens with zero attached hydrogens (tertiary/aromatic N) is 2. The topological polar surface area (TPSA) is 69.7 Å². The summed E-state index contributed by atoms with van der Waals surface area (Å²) in [5, 5.41) is 0. The number of hydrogen-bond acceptors (Lipinski definition) is 4. The molecule has 2 aromatic rings. The number of rotatable bonds is 7. The van der Waals surface area contributed by atoms with Crippen LogP contribution in [0, 0.1) is 17.5 Å². The number of piperazine rings is 1. The van der Waals surface area contributed by atoms with Crippen molar-refractivity contribution in [1.82, 2.24) is 9.80 Å². The summed E-state index contributed by atoms with van der Waals surface area (Å²) in [5.74, 6) is -3.29. The van der Waals surface area contributed by atoms with Crippen LogP contribution in [0.4, 0.5) is 18.9 Å². The molecule has 0 aliphatic carbocycles. The van der Waals surface area contributed by atoms with Gasteiger partial charge in [0, 0.05) is 49.0 Å². The Hall–Kier alpha value is -2.59. The third kappa shape index (κ3) is 5.42. The highest BCUT2D eigenvalue weighted by Gasteiger charge is 2.29. The first kappa shape index (κ1) is 24.1. The molecule has 1 saturated heterocycles. The average molecular weight is 470 g/mol. The van der Waals surface area contributed by atoms with E-state index < -0.39 is 33.5 Å². The van der Waals surface area contributed by atoms with Gasteiger partial charge in [0.05, 0.1) is 5.75 Å². The third-order valence-corrected chi connectivity index (χ3v) is 7.02. The van der Waals surface area contributed by atoms with Gasteiger partial charge < -0.3 is 4.90 Å². The molecule has 2 aromatic carbocycles. The van der Waals surface area contributed by atoms with E-state index >= 15 is 0 Å². The van der Waals surface area contributed by atoms with Crippen LogP contribution >= 0.6 is 0 Å². The van der Waals surface area contributed by atoms with Crippen LogP contribution in [-0.2, 0) is 10.0 Å². The van der Waals surface area contributed by atoms with E-state index in [-0.39, 0.29) is 17.2 Å². The van der Waals surface area contributed by atoms with Crippen molar-refractivity contribution in [3.05, 3.63) is 65.0 Å². The fourth-order valence-corrected chi connectivity index (χ4v) is 4.92. The van der Waals surface area contributed by atoms with E-state index in [4.69, 9.17) is 0 Å². The molecule has 1 aliphatic rings. The first-order valence-electron chi connectivity index (χ1n) is 10.4. The molecule has 0 radical (unpaired) electrons. The van der Waals surface area contributed by atoms with Crippen molar-refractivity contribution in [2.45, 2.75) is 26.3 Å². The van der Waals surface area contributed by atoms with E-state index in [1.807, 2.05) is 0 Å². The van der Waals surface area contributed by atoms with Crippen LogP contribution in [0.25, 0.3) is 0 Å². The predicted molar refractivity (Wildman–Crippen MR) is 116 cm³/mol. The van der Waals surface area contributed by atoms with Crippen molar-refractivity contribution in [2.24, 2.45) is 0 Å². The van der Waals surface area contributed by atoms with Gasteiger partial charge in [-0.3, -0.25) is 14.4 Å². The van der Waals surface area contributed by atoms with Crippen molar-refractivity contribution >= 4 is 21.6 Å². The third-order valence-electron chi connectivity index (χ3n) is 5.52. The maximum atomic E-state index is 14.1. The Balaban J connectivity index is 1.62. The highest BCUT2D eigenvalue weighted by atomic mass is 32.2. The summed E-state index contributed by atoms with van der Waals surface area (Å²) in [6.07, 6.45) is 0.495. The molecule has 1 heterocycles. The van der Waals surface area contributed by atoms with Crippen LogP contribution in [0.2, 0.25) is 0 Å². The van der Waals surface area contributed by atoms with E-state index in [1.54, 1.807) is 35.8 Å². The molecule has 174 valence electrons. The minimum atomic E-state index is -3.41. The summed E-state index contributed by atoms with van der Waals surface area (Å²) in [5.41, 5.74) is 0.478. The monoisotopic (exact) mass is 469 g/mol. The number of carbonyl (C=O) groups excluding carboxylic acids is 1. The zero-order chi connectivity index (χ0) is 23.5. The second-order valence-corrected chi connectivity index (χ2v) is 9.60. The standard InChI is InChI=1S/C22H26F3N3O3S/c1-3-14-32(30,31)26-17-6-4-16(5-7-17)22(29)28-12-10-27(11-13-28)15(2)20-18(23)8-9-19(24)21(20)25/h4-9,15,26H,3,10-14H2,1-2H3. The van der Waals surface area contributed by atoms with Gasteiger partial charge in [0.2, 0.25) is 10.0 Å². The van der Waals surface area contributed by atoms with Gasteiger partial charge >= 0.3 is 0 Å². The van der Waals surface area contributed by atoms with Crippen LogP contribution in [0.15, 0.2) is 36.4 Å². The van der Waals surface area contributed by atoms with Gasteiger partial charge in [-0.15, -0.1) is 0 Å². The Morgan fingerprint density at radius 3 is 2.19 bits per heavy atom. The molecule has 6 nitrogen and oxygen atoms in total. The number of sulfonamides is 1. The average Bonchev–Trinajstić information content (AvgIpc) is 2.76. The quantitative estimate of drug-likeness (QED) is 0.627. The van der Waals surface area contributed by atoms with Crippen molar-refractivity contribution in [1.29, 1.82) is 0 Å². The van der Waals surface area contributed by atoms with Crippen molar-refractivity contribution in [2.75, 3.05) is 36.7 Å². The number of benzene rings is 2. The van der Waals surface area contributed by atoms with Gasteiger partial charge in [0.15, 0.2) is 11.6 Å². The van der Waals surface area contributed by atoms with Crippen LogP contribution in [0.3, 0.4) is 0 Å². The maximum Gasteiger partial charge on any atom is 0.253 e. The molecule has 0 spiro atoms. The lowest BCUT2D eigenvalue weighted by Gasteiger charge is -2.38. The normalized spacial score (nSPS) is 16.1. The zero-order valence-corrected chi connectivity index (χ0v) is 18.8. The molecular weight excluding hydrogens is 443 g/mol. The molecule has 1 unspecified atom stereocenters. The minimum absolute atomic E-state index is 0.0137. The van der Waals surface area contributed by atoms with Gasteiger partial charge in [-0.1, -0.05) is 6.92 Å². The Bertz CT molecular complexity index is 1070. The van der Waals surface area contributed by atoms with E-state index in [1.165, 1.54) is 12.1 Å². The first-order chi connectivity index (χ1) is 15.1. The number of halogens is 3. The summed E-state index contributed by atoms with van der Waals surface area (Å²) in [7, 11) is -3.41. The van der Waals surface area contributed by atoms with Gasteiger partial charge in [0.1, 0.15) is 5.82 Å². The maximum absolute atomic E-state index is 14.1. The lowest BCUT2D eigenvalue weighted by atomic mass is 10.0. The number of anilines is 1. The predicted octanol–water partition coefficient (Wildman–Crippen LogP) is 3.77. The molecule has 1 atom stereocenters. The summed E-state index contributed by atoms with van der Waals surface area (Å²) in [4.78, 5) is 16.2. The number of nitrogens with one attached hydrogen (secondary N) is 1. The van der Waals surface area contributed by atoms with Crippen LogP contribution < -0.4 is 4.72 Å². The van der Waals surface area contributed by atoms with Gasteiger partial charge in [-0.05, 0) is 49.7 Å². The summed E-state index contributed by atoms with van der Waals surface area (Å²) in [6.45, 7) is 4.80. The summed E-state index contributed by atoms with van der Waals surface area (Å²) < 4.78 is 67.9. The van der Waals surface area contributed by atoms with Crippen LogP contribution in [-0.4, -0.2) is 56.1 Å². The van der Waals surface area contributed by atoms with E-state index in [2.05, 4.69) is 4.72 Å². The van der Waals surface area contributed by atoms with Crippen LogP contribution in [0.1, 0.15) is 42.2 Å². The fraction of sp³-hybridized carbons (Fsp3) is 0.409. The van der Waals surface area contributed by atoms with Gasteiger partial charge in [-0.25, -0.2) is 21.6 Å². The number of hydrogen-bond donors (Lipinski definition) is 1. The lowest BCUT2D eigenvalue weighted by molar-refractivity contribution is 0.0575. The molecule has 3 rings (SSSR count). The Labute approximate surface area is 186 Å². The van der Waals surface area contributed by atoms with Gasteiger partial charge in [0.25, 0.3) is 5.91 Å². The second-order valence-electron chi connectivity index (χ2n) is 7.76. The molecule has 0 saturated carbocycles. The Morgan fingerprint density at radius 2 is 1.59 bits per heavy atom. The second kappa shape index (κ2) is 9.91. The largest absolute Gasteiger partial charge is 0.336 e. The van der Waals surface area contributed by atoms with E-state index in [9.17, 15) is 26.4 Å². The van der Waals surface area contributed by atoms with Crippen molar-refractivity contribution < 1.29 is 26.4 Å². The molecular formula is C22H26F3N3O3S. The van der Waals surface area contributed by atoms with Crippen LogP contribution in [0.5, 0.6) is 0 Å². The van der Waals surface area contributed by atoms with Gasteiger partial charge in [-0.2, -0.15) is 0 Å². The highest BCUT2D eigenvalue weighted by Crippen LogP contribution is 2.28. The minimum Gasteiger partial charge on any atom is -0.336 e. The molecule has 0 bridgehead atoms. The molecule has 10 heteroatoms. The number of carbonyl (C=O) groups is 1. The number of amides is 1. The molecule has 1 fully saturated rings. The smallest absolute Gasteiger partial charge is 0.253 e. The summed E-state index contributed by atoms with van der Waals surface area (Å²) >= 11 is 0. The molecule has 1 aliphatic heterocycles. The SMILES string of the molecule is CCCS(=O)(=O)Nc1ccc(C(=O)N2CCN(C(C)c3c(F)ccc(F)c3F)CC2)cc1.